The van der Waals surface area contributed by atoms with Gasteiger partial charge in [0.2, 0.25) is 0 Å². The van der Waals surface area contributed by atoms with Crippen LogP contribution in [0.1, 0.15) is 5.56 Å². The van der Waals surface area contributed by atoms with E-state index in [1.165, 1.54) is 5.56 Å². The van der Waals surface area contributed by atoms with Gasteiger partial charge in [-0.25, -0.2) is 0 Å². The number of hydrogen-bond donors (Lipinski definition) is 1. The third-order valence-electron chi connectivity index (χ3n) is 1.08. The van der Waals surface area contributed by atoms with Crippen molar-refractivity contribution in [3.05, 3.63) is 35.9 Å². The summed E-state index contributed by atoms with van der Waals surface area (Å²) in [6, 6.07) is 9.99. The van der Waals surface area contributed by atoms with Gasteiger partial charge in [0.05, 0.1) is 0 Å². The Kier molecular flexibility index (Phi) is 1.65. The molecule has 0 saturated heterocycles. The molecule has 1 aromatic carbocycles. The average molecular weight is 107 g/mol. The first kappa shape index (κ1) is 5.32. The van der Waals surface area contributed by atoms with Gasteiger partial charge < -0.3 is 0 Å². The van der Waals surface area contributed by atoms with Gasteiger partial charge in [-0.15, -0.1) is 0 Å². The summed E-state index contributed by atoms with van der Waals surface area (Å²) in [6.07, 6.45) is 0. The molecule has 0 aliphatic carbocycles. The van der Waals surface area contributed by atoms with Gasteiger partial charge in [-0.3, -0.25) is 0 Å². The molecule has 1 rings (SSSR count). The largest absolute Gasteiger partial charge is 0.191 e. The van der Waals surface area contributed by atoms with Crippen molar-refractivity contribution in [2.75, 3.05) is 0 Å². The quantitative estimate of drug-likeness (QED) is 0.531. The van der Waals surface area contributed by atoms with Gasteiger partial charge in [-0.1, -0.05) is 30.3 Å². The van der Waals surface area contributed by atoms with Crippen LogP contribution in [0.5, 0.6) is 0 Å². The summed E-state index contributed by atoms with van der Waals surface area (Å²) in [5.74, 6) is 0. The third-order valence-corrected chi connectivity index (χ3v) is 1.08. The summed E-state index contributed by atoms with van der Waals surface area (Å²) in [4.78, 5) is 0. The van der Waals surface area contributed by atoms with Crippen LogP contribution in [0.25, 0.3) is 0 Å². The lowest BCUT2D eigenvalue weighted by atomic mass is 10.2. The number of hydrogen-bond acceptors (Lipinski definition) is 1. The minimum absolute atomic E-state index is 0.640. The Morgan fingerprint density at radius 3 is 2.12 bits per heavy atom. The van der Waals surface area contributed by atoms with Crippen LogP contribution < -0.4 is 5.73 Å². The smallest absolute Gasteiger partial charge is 0.144 e. The molecule has 1 radical (unpaired) electrons. The van der Waals surface area contributed by atoms with Crippen molar-refractivity contribution in [2.24, 2.45) is 0 Å². The van der Waals surface area contributed by atoms with Gasteiger partial charge in [0.15, 0.2) is 0 Å². The zero-order valence-electron chi connectivity index (χ0n) is 4.67. The topological polar surface area (TPSA) is 25.3 Å². The van der Waals surface area contributed by atoms with E-state index in [2.05, 4.69) is 0 Å². The Morgan fingerprint density at radius 2 is 1.75 bits per heavy atom. The molecule has 0 unspecified atom stereocenters. The zero-order chi connectivity index (χ0) is 5.82. The van der Waals surface area contributed by atoms with Crippen LogP contribution in [0.15, 0.2) is 30.3 Å². The van der Waals surface area contributed by atoms with Gasteiger partial charge in [-0.2, -0.15) is 5.73 Å². The van der Waals surface area contributed by atoms with Gasteiger partial charge in [0, 0.05) is 5.56 Å². The van der Waals surface area contributed by atoms with Crippen LogP contribution in [0.4, 0.5) is 0 Å². The van der Waals surface area contributed by atoms with E-state index in [9.17, 15) is 0 Å². The van der Waals surface area contributed by atoms with Crippen molar-refractivity contribution >= 4 is 0 Å². The molecule has 1 aromatic rings. The predicted molar refractivity (Wildman–Crippen MR) is 32.1 cm³/mol. The summed E-state index contributed by atoms with van der Waals surface area (Å²) in [5.41, 5.74) is 6.54. The van der Waals surface area contributed by atoms with Gasteiger partial charge in [0.1, 0.15) is 6.54 Å². The average Bonchev–Trinajstić information content (AvgIpc) is 1.90. The van der Waals surface area contributed by atoms with E-state index in [1.54, 1.807) is 0 Å². The number of benzene rings is 1. The molecular weight excluding hydrogens is 98.1 g/mol. The number of nitrogens with two attached hydrogens (primary N) is 1. The molecule has 0 atom stereocenters. The SMILES string of the molecule is [NH2+]Cc1ccccc1. The molecule has 1 heteroatoms. The van der Waals surface area contributed by atoms with Crippen LogP contribution in [-0.2, 0) is 6.54 Å². The Bertz CT molecular complexity index is 146. The Morgan fingerprint density at radius 1 is 1.12 bits per heavy atom. The van der Waals surface area contributed by atoms with Crippen molar-refractivity contribution in [3.8, 4) is 0 Å². The van der Waals surface area contributed by atoms with E-state index in [0.29, 0.717) is 6.54 Å². The fourth-order valence-electron chi connectivity index (χ4n) is 0.614. The monoisotopic (exact) mass is 107 g/mol. The summed E-state index contributed by atoms with van der Waals surface area (Å²) in [7, 11) is 0. The summed E-state index contributed by atoms with van der Waals surface area (Å²) < 4.78 is 0. The molecule has 0 amide bonds. The maximum Gasteiger partial charge on any atom is 0.144 e. The lowest BCUT2D eigenvalue weighted by Crippen LogP contribution is -2.47. The van der Waals surface area contributed by atoms with Crippen molar-refractivity contribution < 1.29 is 5.73 Å². The third kappa shape index (κ3) is 1.07. The molecule has 1 nitrogen and oxygen atoms in total. The maximum atomic E-state index is 5.35. The molecule has 0 saturated carbocycles. The van der Waals surface area contributed by atoms with Crippen molar-refractivity contribution in [2.45, 2.75) is 6.54 Å². The van der Waals surface area contributed by atoms with Gasteiger partial charge >= 0.3 is 0 Å². The highest BCUT2D eigenvalue weighted by molar-refractivity contribution is 5.12. The van der Waals surface area contributed by atoms with Gasteiger partial charge in [0.25, 0.3) is 0 Å². The van der Waals surface area contributed by atoms with E-state index in [1.807, 2.05) is 30.3 Å². The summed E-state index contributed by atoms with van der Waals surface area (Å²) in [6.45, 7) is 0.640. The Balaban J connectivity index is 2.83. The first-order chi connectivity index (χ1) is 3.93. The lowest BCUT2D eigenvalue weighted by Gasteiger charge is -1.85. The van der Waals surface area contributed by atoms with Gasteiger partial charge in [-0.05, 0) is 0 Å². The summed E-state index contributed by atoms with van der Waals surface area (Å²) in [5, 5.41) is 0. The molecule has 0 fully saturated rings. The predicted octanol–water partition coefficient (Wildman–Crippen LogP) is 0.214. The van der Waals surface area contributed by atoms with Crippen molar-refractivity contribution in [3.63, 3.8) is 0 Å². The number of rotatable bonds is 1. The van der Waals surface area contributed by atoms with E-state index in [4.69, 9.17) is 5.73 Å². The lowest BCUT2D eigenvalue weighted by molar-refractivity contribution is -0.386. The minimum Gasteiger partial charge on any atom is -0.191 e. The van der Waals surface area contributed by atoms with Crippen LogP contribution in [0, 0.1) is 0 Å². The Labute approximate surface area is 49.1 Å². The fraction of sp³-hybridized carbons (Fsp3) is 0.143. The standard InChI is InChI=1S/C7H9N/c8-6-7-4-2-1-3-5-7/h1-5H,6,8H2/q+1. The van der Waals surface area contributed by atoms with Crippen molar-refractivity contribution in [1.82, 2.24) is 0 Å². The summed E-state index contributed by atoms with van der Waals surface area (Å²) >= 11 is 0. The van der Waals surface area contributed by atoms with Crippen LogP contribution in [0.2, 0.25) is 0 Å². The molecule has 41 valence electrons. The second kappa shape index (κ2) is 2.48. The molecule has 0 aliphatic rings. The van der Waals surface area contributed by atoms with Crippen LogP contribution in [-0.4, -0.2) is 0 Å². The van der Waals surface area contributed by atoms with E-state index in [0.717, 1.165) is 0 Å². The molecular formula is C7H9N+. The first-order valence-corrected chi connectivity index (χ1v) is 2.67. The normalized spacial score (nSPS) is 9.12. The highest BCUT2D eigenvalue weighted by Gasteiger charge is 1.84. The van der Waals surface area contributed by atoms with Crippen LogP contribution >= 0.6 is 0 Å². The molecule has 0 aliphatic heterocycles. The second-order valence-electron chi connectivity index (χ2n) is 1.69. The highest BCUT2D eigenvalue weighted by Crippen LogP contribution is 1.93. The highest BCUT2D eigenvalue weighted by atomic mass is 14.5. The van der Waals surface area contributed by atoms with E-state index in [-0.39, 0.29) is 0 Å². The molecule has 2 N–H and O–H groups in total. The molecule has 0 aromatic heterocycles. The Hall–Kier alpha value is -0.820. The molecule has 8 heavy (non-hydrogen) atoms. The molecule has 0 bridgehead atoms. The molecule has 0 spiro atoms. The van der Waals surface area contributed by atoms with E-state index < -0.39 is 0 Å². The fourth-order valence-corrected chi connectivity index (χ4v) is 0.614. The van der Waals surface area contributed by atoms with Crippen molar-refractivity contribution in [1.29, 1.82) is 0 Å². The van der Waals surface area contributed by atoms with Crippen LogP contribution in [0.3, 0.4) is 0 Å². The second-order valence-corrected chi connectivity index (χ2v) is 1.69. The molecule has 0 heterocycles. The first-order valence-electron chi connectivity index (χ1n) is 2.67. The minimum atomic E-state index is 0.640. The maximum absolute atomic E-state index is 5.35. The van der Waals surface area contributed by atoms with E-state index >= 15 is 0 Å². The zero-order valence-corrected chi connectivity index (χ0v) is 4.67.